The highest BCUT2D eigenvalue weighted by Crippen LogP contribution is 2.13. The van der Waals surface area contributed by atoms with Gasteiger partial charge in [0.2, 0.25) is 0 Å². The highest BCUT2D eigenvalue weighted by Gasteiger charge is 2.12. The van der Waals surface area contributed by atoms with Gasteiger partial charge in [-0.15, -0.1) is 5.10 Å². The van der Waals surface area contributed by atoms with Crippen LogP contribution in [0.5, 0.6) is 0 Å². The van der Waals surface area contributed by atoms with E-state index in [0.29, 0.717) is 22.5 Å². The number of fused-ring (bicyclic) bond motifs is 3. The first-order valence-corrected chi connectivity index (χ1v) is 5.60. The van der Waals surface area contributed by atoms with Gasteiger partial charge in [0.05, 0.1) is 10.9 Å². The third-order valence-corrected chi connectivity index (χ3v) is 2.79. The molecule has 0 fully saturated rings. The molecule has 0 aromatic carbocycles. The van der Waals surface area contributed by atoms with Crippen molar-refractivity contribution in [1.29, 1.82) is 0 Å². The molecule has 7 nitrogen and oxygen atoms in total. The van der Waals surface area contributed by atoms with Crippen molar-refractivity contribution < 1.29 is 0 Å². The van der Waals surface area contributed by atoms with E-state index in [1.807, 2.05) is 13.8 Å². The molecule has 18 heavy (non-hydrogen) atoms. The molecule has 7 heteroatoms. The van der Waals surface area contributed by atoms with Gasteiger partial charge < -0.3 is 5.84 Å². The summed E-state index contributed by atoms with van der Waals surface area (Å²) in [5, 5.41) is 4.79. The number of hydrogen-bond donors (Lipinski definition) is 1. The fourth-order valence-electron chi connectivity index (χ4n) is 1.79. The van der Waals surface area contributed by atoms with E-state index in [4.69, 9.17) is 5.84 Å². The van der Waals surface area contributed by atoms with E-state index in [1.165, 1.54) is 12.4 Å². The SMILES string of the molecule is CC(C)c1nc2ncc3c(=O)n(N)ccc3n2n1. The molecule has 0 spiro atoms. The quantitative estimate of drug-likeness (QED) is 0.621. The van der Waals surface area contributed by atoms with Gasteiger partial charge in [0, 0.05) is 18.3 Å². The van der Waals surface area contributed by atoms with Crippen molar-refractivity contribution in [1.82, 2.24) is 24.3 Å². The Balaban J connectivity index is 2.46. The molecule has 3 aromatic rings. The second kappa shape index (κ2) is 3.52. The molecular weight excluding hydrogens is 232 g/mol. The number of aromatic nitrogens is 5. The van der Waals surface area contributed by atoms with Gasteiger partial charge in [-0.05, 0) is 6.07 Å². The lowest BCUT2D eigenvalue weighted by Gasteiger charge is -2.01. The Hall–Kier alpha value is -2.44. The Morgan fingerprint density at radius 2 is 2.17 bits per heavy atom. The molecule has 2 N–H and O–H groups in total. The molecule has 0 saturated heterocycles. The van der Waals surface area contributed by atoms with Crippen molar-refractivity contribution >= 4 is 16.7 Å². The molecular formula is C11H12N6O. The third-order valence-electron chi connectivity index (χ3n) is 2.79. The highest BCUT2D eigenvalue weighted by molar-refractivity contribution is 5.78. The number of rotatable bonds is 1. The molecule has 92 valence electrons. The van der Waals surface area contributed by atoms with Gasteiger partial charge in [-0.1, -0.05) is 13.8 Å². The van der Waals surface area contributed by atoms with Crippen LogP contribution in [0.3, 0.4) is 0 Å². The molecule has 3 heterocycles. The maximum atomic E-state index is 11.8. The van der Waals surface area contributed by atoms with Crippen molar-refractivity contribution in [2.24, 2.45) is 0 Å². The zero-order valence-corrected chi connectivity index (χ0v) is 10.0. The fraction of sp³-hybridized carbons (Fsp3) is 0.273. The van der Waals surface area contributed by atoms with Gasteiger partial charge in [0.1, 0.15) is 0 Å². The summed E-state index contributed by atoms with van der Waals surface area (Å²) < 4.78 is 2.60. The van der Waals surface area contributed by atoms with Crippen molar-refractivity contribution in [3.8, 4) is 0 Å². The van der Waals surface area contributed by atoms with Gasteiger partial charge in [0.25, 0.3) is 11.3 Å². The Morgan fingerprint density at radius 3 is 2.89 bits per heavy atom. The van der Waals surface area contributed by atoms with Crippen molar-refractivity contribution in [3.05, 3.63) is 34.6 Å². The predicted molar refractivity (Wildman–Crippen MR) is 66.8 cm³/mol. The Morgan fingerprint density at radius 1 is 1.39 bits per heavy atom. The molecule has 0 atom stereocenters. The summed E-state index contributed by atoms with van der Waals surface area (Å²) in [6.45, 7) is 4.01. The van der Waals surface area contributed by atoms with Gasteiger partial charge >= 0.3 is 0 Å². The number of pyridine rings is 1. The molecule has 0 radical (unpaired) electrons. The molecule has 0 unspecified atom stereocenters. The van der Waals surface area contributed by atoms with Crippen LogP contribution in [0.25, 0.3) is 16.7 Å². The van der Waals surface area contributed by atoms with E-state index in [9.17, 15) is 4.79 Å². The van der Waals surface area contributed by atoms with Gasteiger partial charge in [0.15, 0.2) is 5.82 Å². The lowest BCUT2D eigenvalue weighted by Crippen LogP contribution is -2.26. The number of hydrogen-bond acceptors (Lipinski definition) is 5. The average Bonchev–Trinajstić information content (AvgIpc) is 2.77. The van der Waals surface area contributed by atoms with E-state index in [-0.39, 0.29) is 11.5 Å². The summed E-state index contributed by atoms with van der Waals surface area (Å²) in [5.74, 6) is 6.91. The Kier molecular flexibility index (Phi) is 2.09. The normalized spacial score (nSPS) is 11.7. The molecule has 0 aliphatic heterocycles. The Bertz CT molecular complexity index is 800. The second-order valence-corrected chi connectivity index (χ2v) is 4.42. The minimum atomic E-state index is -0.302. The van der Waals surface area contributed by atoms with Crippen LogP contribution in [0.15, 0.2) is 23.3 Å². The van der Waals surface area contributed by atoms with Crippen LogP contribution in [-0.2, 0) is 0 Å². The topological polar surface area (TPSA) is 91.1 Å². The van der Waals surface area contributed by atoms with Crippen molar-refractivity contribution in [3.63, 3.8) is 0 Å². The molecule has 3 rings (SSSR count). The van der Waals surface area contributed by atoms with Crippen LogP contribution < -0.4 is 11.4 Å². The van der Waals surface area contributed by atoms with E-state index in [0.717, 1.165) is 4.68 Å². The lowest BCUT2D eigenvalue weighted by atomic mass is 10.2. The van der Waals surface area contributed by atoms with Crippen LogP contribution >= 0.6 is 0 Å². The van der Waals surface area contributed by atoms with Crippen LogP contribution in [0, 0.1) is 0 Å². The number of nitrogen functional groups attached to an aromatic ring is 1. The standard InChI is InChI=1S/C11H12N6O/c1-6(2)9-14-11-13-5-7-8(17(11)15-9)3-4-16(12)10(7)18/h3-6H,12H2,1-2H3. The molecule has 0 aliphatic rings. The maximum Gasteiger partial charge on any atom is 0.279 e. The summed E-state index contributed by atoms with van der Waals surface area (Å²) in [7, 11) is 0. The van der Waals surface area contributed by atoms with Gasteiger partial charge in [-0.3, -0.25) is 4.79 Å². The second-order valence-electron chi connectivity index (χ2n) is 4.42. The molecule has 0 aliphatic carbocycles. The zero-order chi connectivity index (χ0) is 12.9. The number of nitrogens with zero attached hydrogens (tertiary/aromatic N) is 5. The highest BCUT2D eigenvalue weighted by atomic mass is 16.1. The predicted octanol–water partition coefficient (Wildman–Crippen LogP) is 0.276. The van der Waals surface area contributed by atoms with Crippen LogP contribution in [0.2, 0.25) is 0 Å². The largest absolute Gasteiger partial charge is 0.336 e. The molecule has 0 saturated carbocycles. The monoisotopic (exact) mass is 244 g/mol. The average molecular weight is 244 g/mol. The van der Waals surface area contributed by atoms with Crippen LogP contribution in [0.1, 0.15) is 25.6 Å². The number of nitrogens with two attached hydrogens (primary N) is 1. The lowest BCUT2D eigenvalue weighted by molar-refractivity contribution is 0.770. The minimum Gasteiger partial charge on any atom is -0.336 e. The first kappa shape index (κ1) is 10.7. The summed E-state index contributed by atoms with van der Waals surface area (Å²) in [4.78, 5) is 20.3. The van der Waals surface area contributed by atoms with Crippen LogP contribution in [0.4, 0.5) is 0 Å². The summed E-state index contributed by atoms with van der Waals surface area (Å²) in [6, 6.07) is 1.73. The van der Waals surface area contributed by atoms with E-state index in [2.05, 4.69) is 15.1 Å². The van der Waals surface area contributed by atoms with E-state index >= 15 is 0 Å². The summed E-state index contributed by atoms with van der Waals surface area (Å²) in [5.41, 5.74) is 0.356. The van der Waals surface area contributed by atoms with Gasteiger partial charge in [-0.2, -0.15) is 9.50 Å². The Labute approximate surface area is 102 Å². The summed E-state index contributed by atoms with van der Waals surface area (Å²) in [6.07, 6.45) is 2.98. The van der Waals surface area contributed by atoms with E-state index in [1.54, 1.807) is 10.6 Å². The molecule has 0 amide bonds. The smallest absolute Gasteiger partial charge is 0.279 e. The molecule has 3 aromatic heterocycles. The zero-order valence-electron chi connectivity index (χ0n) is 10.0. The third kappa shape index (κ3) is 1.37. The fourth-order valence-corrected chi connectivity index (χ4v) is 1.79. The van der Waals surface area contributed by atoms with Crippen molar-refractivity contribution in [2.45, 2.75) is 19.8 Å². The minimum absolute atomic E-state index is 0.205. The first-order valence-electron chi connectivity index (χ1n) is 5.60. The van der Waals surface area contributed by atoms with E-state index < -0.39 is 0 Å². The maximum absolute atomic E-state index is 11.8. The van der Waals surface area contributed by atoms with Crippen LogP contribution in [-0.4, -0.2) is 24.3 Å². The first-order chi connectivity index (χ1) is 8.58. The van der Waals surface area contributed by atoms with Gasteiger partial charge in [-0.25, -0.2) is 9.66 Å². The van der Waals surface area contributed by atoms with Crippen molar-refractivity contribution in [2.75, 3.05) is 5.84 Å². The molecule has 0 bridgehead atoms. The summed E-state index contributed by atoms with van der Waals surface area (Å²) >= 11 is 0.